The third kappa shape index (κ3) is 1.50. The summed E-state index contributed by atoms with van der Waals surface area (Å²) < 4.78 is 10.3. The zero-order valence-corrected chi connectivity index (χ0v) is 8.31. The van der Waals surface area contributed by atoms with E-state index in [0.717, 1.165) is 22.0 Å². The molecule has 0 radical (unpaired) electrons. The second-order valence-corrected chi connectivity index (χ2v) is 2.93. The van der Waals surface area contributed by atoms with Crippen LogP contribution >= 0.6 is 12.6 Å². The Morgan fingerprint density at radius 1 is 1.17 bits per heavy atom. The lowest BCUT2D eigenvalue weighted by atomic mass is 10.2. The zero-order valence-electron chi connectivity index (χ0n) is 7.42. The number of methoxy groups -OCH3 is 2. The molecular weight excluding hydrogens is 172 g/mol. The first-order chi connectivity index (χ1) is 5.70. The smallest absolute Gasteiger partial charge is 0.138 e. The second-order valence-electron chi connectivity index (χ2n) is 2.45. The van der Waals surface area contributed by atoms with Crippen LogP contribution in [0.3, 0.4) is 0 Å². The van der Waals surface area contributed by atoms with E-state index in [-0.39, 0.29) is 0 Å². The van der Waals surface area contributed by atoms with E-state index in [1.54, 1.807) is 14.2 Å². The third-order valence-electron chi connectivity index (χ3n) is 1.76. The Labute approximate surface area is 77.9 Å². The van der Waals surface area contributed by atoms with E-state index in [1.165, 1.54) is 0 Å². The predicted molar refractivity (Wildman–Crippen MR) is 51.5 cm³/mol. The molecule has 0 fully saturated rings. The molecule has 2 nitrogen and oxygen atoms in total. The molecule has 0 unspecified atom stereocenters. The zero-order chi connectivity index (χ0) is 9.14. The van der Waals surface area contributed by atoms with Gasteiger partial charge in [-0.3, -0.25) is 0 Å². The average Bonchev–Trinajstić information content (AvgIpc) is 2.06. The SMILES string of the molecule is COc1ccc(S)c(OC)c1C. The van der Waals surface area contributed by atoms with Gasteiger partial charge in [0.1, 0.15) is 11.5 Å². The van der Waals surface area contributed by atoms with E-state index < -0.39 is 0 Å². The van der Waals surface area contributed by atoms with Crippen LogP contribution in [0, 0.1) is 6.92 Å². The fraction of sp³-hybridized carbons (Fsp3) is 0.333. The Morgan fingerprint density at radius 2 is 1.83 bits per heavy atom. The fourth-order valence-electron chi connectivity index (χ4n) is 1.14. The van der Waals surface area contributed by atoms with Crippen molar-refractivity contribution in [2.75, 3.05) is 14.2 Å². The summed E-state index contributed by atoms with van der Waals surface area (Å²) in [5, 5.41) is 0. The van der Waals surface area contributed by atoms with Crippen molar-refractivity contribution in [2.45, 2.75) is 11.8 Å². The van der Waals surface area contributed by atoms with Crippen LogP contribution in [-0.4, -0.2) is 14.2 Å². The number of hydrogen-bond donors (Lipinski definition) is 1. The van der Waals surface area contributed by atoms with Gasteiger partial charge in [0.05, 0.1) is 14.2 Å². The molecule has 0 bridgehead atoms. The van der Waals surface area contributed by atoms with E-state index in [4.69, 9.17) is 9.47 Å². The van der Waals surface area contributed by atoms with Gasteiger partial charge < -0.3 is 9.47 Å². The molecule has 1 aromatic rings. The molecule has 0 amide bonds. The summed E-state index contributed by atoms with van der Waals surface area (Å²) in [4.78, 5) is 0.829. The highest BCUT2D eigenvalue weighted by molar-refractivity contribution is 7.80. The first kappa shape index (κ1) is 9.26. The van der Waals surface area contributed by atoms with Gasteiger partial charge in [-0.25, -0.2) is 0 Å². The Morgan fingerprint density at radius 3 is 2.33 bits per heavy atom. The Kier molecular flexibility index (Phi) is 2.87. The van der Waals surface area contributed by atoms with Crippen LogP contribution in [0.2, 0.25) is 0 Å². The van der Waals surface area contributed by atoms with Crippen LogP contribution in [0.15, 0.2) is 17.0 Å². The summed E-state index contributed by atoms with van der Waals surface area (Å²) >= 11 is 4.25. The second kappa shape index (κ2) is 3.72. The van der Waals surface area contributed by atoms with Crippen LogP contribution in [0.1, 0.15) is 5.56 Å². The first-order valence-corrected chi connectivity index (χ1v) is 4.06. The molecule has 0 saturated heterocycles. The van der Waals surface area contributed by atoms with Gasteiger partial charge in [-0.05, 0) is 19.1 Å². The van der Waals surface area contributed by atoms with Gasteiger partial charge in [0.25, 0.3) is 0 Å². The Balaban J connectivity index is 3.24. The van der Waals surface area contributed by atoms with Crippen molar-refractivity contribution in [3.8, 4) is 11.5 Å². The normalized spacial score (nSPS) is 9.67. The van der Waals surface area contributed by atoms with E-state index >= 15 is 0 Å². The number of ether oxygens (including phenoxy) is 2. The van der Waals surface area contributed by atoms with Crippen LogP contribution in [0.4, 0.5) is 0 Å². The lowest BCUT2D eigenvalue weighted by Crippen LogP contribution is -1.92. The molecule has 3 heteroatoms. The van der Waals surface area contributed by atoms with Crippen molar-refractivity contribution in [3.05, 3.63) is 17.7 Å². The minimum atomic E-state index is 0.776. The highest BCUT2D eigenvalue weighted by atomic mass is 32.1. The monoisotopic (exact) mass is 184 g/mol. The summed E-state index contributed by atoms with van der Waals surface area (Å²) in [5.74, 6) is 1.60. The number of rotatable bonds is 2. The topological polar surface area (TPSA) is 18.5 Å². The van der Waals surface area contributed by atoms with Gasteiger partial charge in [-0.1, -0.05) is 0 Å². The van der Waals surface area contributed by atoms with Gasteiger partial charge in [0.15, 0.2) is 0 Å². The molecule has 0 aliphatic carbocycles. The Hall–Kier alpha value is -0.830. The van der Waals surface area contributed by atoms with Crippen molar-refractivity contribution in [2.24, 2.45) is 0 Å². The van der Waals surface area contributed by atoms with Gasteiger partial charge in [-0.2, -0.15) is 0 Å². The summed E-state index contributed by atoms with van der Waals surface area (Å²) in [6, 6.07) is 3.73. The fourth-order valence-corrected chi connectivity index (χ4v) is 1.47. The quantitative estimate of drug-likeness (QED) is 0.711. The van der Waals surface area contributed by atoms with Crippen molar-refractivity contribution < 1.29 is 9.47 Å². The number of thiol groups is 1. The number of benzene rings is 1. The van der Waals surface area contributed by atoms with Crippen LogP contribution in [-0.2, 0) is 0 Å². The highest BCUT2D eigenvalue weighted by Gasteiger charge is 2.07. The average molecular weight is 184 g/mol. The molecule has 0 aromatic heterocycles. The molecule has 0 aliphatic heterocycles. The van der Waals surface area contributed by atoms with Crippen molar-refractivity contribution >= 4 is 12.6 Å². The third-order valence-corrected chi connectivity index (χ3v) is 2.11. The minimum Gasteiger partial charge on any atom is -0.496 e. The molecule has 66 valence electrons. The maximum absolute atomic E-state index is 5.16. The van der Waals surface area contributed by atoms with E-state index in [0.29, 0.717) is 0 Å². The van der Waals surface area contributed by atoms with E-state index in [1.807, 2.05) is 19.1 Å². The van der Waals surface area contributed by atoms with Crippen molar-refractivity contribution in [1.29, 1.82) is 0 Å². The molecule has 0 saturated carbocycles. The lowest BCUT2D eigenvalue weighted by Gasteiger charge is -2.10. The molecule has 12 heavy (non-hydrogen) atoms. The summed E-state index contributed by atoms with van der Waals surface area (Å²) in [6.45, 7) is 1.94. The van der Waals surface area contributed by atoms with E-state index in [2.05, 4.69) is 12.6 Å². The maximum atomic E-state index is 5.16. The summed E-state index contributed by atoms with van der Waals surface area (Å²) in [6.07, 6.45) is 0. The van der Waals surface area contributed by atoms with Gasteiger partial charge >= 0.3 is 0 Å². The molecule has 0 heterocycles. The largest absolute Gasteiger partial charge is 0.496 e. The first-order valence-electron chi connectivity index (χ1n) is 3.61. The molecule has 0 spiro atoms. The summed E-state index contributed by atoms with van der Waals surface area (Å²) in [5.41, 5.74) is 0.979. The molecular formula is C9H12O2S. The highest BCUT2D eigenvalue weighted by Crippen LogP contribution is 2.32. The van der Waals surface area contributed by atoms with Gasteiger partial charge in [0, 0.05) is 10.5 Å². The van der Waals surface area contributed by atoms with Gasteiger partial charge in [0.2, 0.25) is 0 Å². The Bertz CT molecular complexity index is 284. The predicted octanol–water partition coefficient (Wildman–Crippen LogP) is 2.30. The lowest BCUT2D eigenvalue weighted by molar-refractivity contribution is 0.382. The molecule has 0 N–H and O–H groups in total. The van der Waals surface area contributed by atoms with Crippen molar-refractivity contribution in [1.82, 2.24) is 0 Å². The van der Waals surface area contributed by atoms with Crippen LogP contribution in [0.5, 0.6) is 11.5 Å². The number of hydrogen-bond acceptors (Lipinski definition) is 3. The van der Waals surface area contributed by atoms with Crippen molar-refractivity contribution in [3.63, 3.8) is 0 Å². The maximum Gasteiger partial charge on any atom is 0.138 e. The molecule has 0 aliphatic rings. The molecule has 1 aromatic carbocycles. The van der Waals surface area contributed by atoms with Crippen LogP contribution in [0.25, 0.3) is 0 Å². The van der Waals surface area contributed by atoms with Gasteiger partial charge in [-0.15, -0.1) is 12.6 Å². The summed E-state index contributed by atoms with van der Waals surface area (Å²) in [7, 11) is 3.27. The molecule has 1 rings (SSSR count). The van der Waals surface area contributed by atoms with E-state index in [9.17, 15) is 0 Å². The standard InChI is InChI=1S/C9H12O2S/c1-6-7(10-2)4-5-8(12)9(6)11-3/h4-5,12H,1-3H3. The molecule has 0 atom stereocenters. The minimum absolute atomic E-state index is 0.776. The van der Waals surface area contributed by atoms with Crippen LogP contribution < -0.4 is 9.47 Å².